The number of thioether (sulfide) groups is 1. The zero-order valence-corrected chi connectivity index (χ0v) is 20.1. The van der Waals surface area contributed by atoms with Gasteiger partial charge in [0, 0.05) is 37.6 Å². The van der Waals surface area contributed by atoms with Crippen molar-refractivity contribution in [2.45, 2.75) is 45.3 Å². The van der Waals surface area contributed by atoms with E-state index in [1.165, 1.54) is 12.1 Å². The Kier molecular flexibility index (Phi) is 7.58. The van der Waals surface area contributed by atoms with E-state index >= 15 is 0 Å². The highest BCUT2D eigenvalue weighted by Gasteiger charge is 2.33. The molecule has 1 saturated heterocycles. The highest BCUT2D eigenvalue weighted by atomic mass is 32.2. The molecular formula is C26H31FN2O3S. The van der Waals surface area contributed by atoms with Gasteiger partial charge in [0.1, 0.15) is 11.6 Å². The van der Waals surface area contributed by atoms with E-state index in [0.717, 1.165) is 47.7 Å². The number of amides is 2. The Hall–Kier alpha value is -2.54. The summed E-state index contributed by atoms with van der Waals surface area (Å²) in [6, 6.07) is 11.9. The van der Waals surface area contributed by atoms with Crippen molar-refractivity contribution in [1.82, 2.24) is 9.80 Å². The molecule has 5 nitrogen and oxygen atoms in total. The van der Waals surface area contributed by atoms with Gasteiger partial charge in [0.15, 0.2) is 6.10 Å². The average Bonchev–Trinajstić information content (AvgIpc) is 2.86. The van der Waals surface area contributed by atoms with E-state index < -0.39 is 6.10 Å². The Morgan fingerprint density at radius 1 is 1.12 bits per heavy atom. The van der Waals surface area contributed by atoms with Gasteiger partial charge in [-0.1, -0.05) is 32.0 Å². The average molecular weight is 471 g/mol. The Balaban J connectivity index is 1.65. The number of fused-ring (bicyclic) bond motifs is 1. The van der Waals surface area contributed by atoms with Gasteiger partial charge in [-0.3, -0.25) is 9.59 Å². The van der Waals surface area contributed by atoms with Crippen LogP contribution in [0.2, 0.25) is 0 Å². The normalized spacial score (nSPS) is 19.1. The van der Waals surface area contributed by atoms with E-state index in [9.17, 15) is 14.0 Å². The first kappa shape index (κ1) is 23.6. The van der Waals surface area contributed by atoms with Crippen molar-refractivity contribution in [2.24, 2.45) is 0 Å². The Morgan fingerprint density at radius 3 is 2.61 bits per heavy atom. The Labute approximate surface area is 199 Å². The summed E-state index contributed by atoms with van der Waals surface area (Å²) in [5.41, 5.74) is 2.79. The molecule has 2 aromatic carbocycles. The van der Waals surface area contributed by atoms with Crippen LogP contribution in [-0.4, -0.2) is 58.9 Å². The molecule has 2 heterocycles. The zero-order valence-electron chi connectivity index (χ0n) is 19.3. The Bertz CT molecular complexity index is 1010. The van der Waals surface area contributed by atoms with Gasteiger partial charge in [0.2, 0.25) is 5.91 Å². The van der Waals surface area contributed by atoms with Crippen LogP contribution in [0.4, 0.5) is 4.39 Å². The SMILES string of the molecule is CCC(=O)N1CCc2ccc(O[C@H](CC)C(=O)N3CCSCC3)cc2[C@H]1c1cccc(F)c1. The standard InChI is InChI=1S/C26H31FN2O3S/c1-3-23(26(31)28-12-14-33-15-13-28)32-21-9-8-18-10-11-29(24(30)4-2)25(22(18)17-21)19-6-5-7-20(27)16-19/h5-9,16-17,23,25H,3-4,10-15H2,1-2H3/t23-,25-/m1/s1. The topological polar surface area (TPSA) is 49.9 Å². The van der Waals surface area contributed by atoms with Gasteiger partial charge in [0.05, 0.1) is 6.04 Å². The van der Waals surface area contributed by atoms with Crippen LogP contribution < -0.4 is 4.74 Å². The van der Waals surface area contributed by atoms with Gasteiger partial charge in [-0.15, -0.1) is 0 Å². The van der Waals surface area contributed by atoms with Crippen molar-refractivity contribution in [3.05, 3.63) is 65.0 Å². The minimum atomic E-state index is -0.546. The summed E-state index contributed by atoms with van der Waals surface area (Å²) in [5, 5.41) is 0. The lowest BCUT2D eigenvalue weighted by Crippen LogP contribution is -2.45. The maximum absolute atomic E-state index is 14.1. The van der Waals surface area contributed by atoms with Crippen LogP contribution >= 0.6 is 11.8 Å². The van der Waals surface area contributed by atoms with Crippen LogP contribution in [0, 0.1) is 5.82 Å². The first-order valence-corrected chi connectivity index (χ1v) is 12.9. The first-order valence-electron chi connectivity index (χ1n) is 11.7. The fourth-order valence-corrected chi connectivity index (χ4v) is 5.54. The molecule has 0 unspecified atom stereocenters. The minimum absolute atomic E-state index is 0.0278. The molecule has 176 valence electrons. The second-order valence-corrected chi connectivity index (χ2v) is 9.69. The minimum Gasteiger partial charge on any atom is -0.481 e. The lowest BCUT2D eigenvalue weighted by molar-refractivity contribution is -0.138. The van der Waals surface area contributed by atoms with Crippen LogP contribution in [0.1, 0.15) is 49.4 Å². The summed E-state index contributed by atoms with van der Waals surface area (Å²) < 4.78 is 20.3. The van der Waals surface area contributed by atoms with Crippen LogP contribution in [0.15, 0.2) is 42.5 Å². The molecule has 33 heavy (non-hydrogen) atoms. The Morgan fingerprint density at radius 2 is 1.91 bits per heavy atom. The van der Waals surface area contributed by atoms with Gasteiger partial charge in [0.25, 0.3) is 5.91 Å². The van der Waals surface area contributed by atoms with Crippen LogP contribution in [0.3, 0.4) is 0 Å². The fraction of sp³-hybridized carbons (Fsp3) is 0.462. The first-order chi connectivity index (χ1) is 16.0. The van der Waals surface area contributed by atoms with Crippen molar-refractivity contribution in [1.29, 1.82) is 0 Å². The number of halogens is 1. The second-order valence-electron chi connectivity index (χ2n) is 8.46. The highest BCUT2D eigenvalue weighted by molar-refractivity contribution is 7.99. The maximum Gasteiger partial charge on any atom is 0.263 e. The molecule has 0 aliphatic carbocycles. The monoisotopic (exact) mass is 470 g/mol. The smallest absolute Gasteiger partial charge is 0.263 e. The van der Waals surface area contributed by atoms with Gasteiger partial charge in [-0.05, 0) is 53.8 Å². The van der Waals surface area contributed by atoms with Gasteiger partial charge in [-0.2, -0.15) is 11.8 Å². The molecule has 0 aromatic heterocycles. The van der Waals surface area contributed by atoms with E-state index in [4.69, 9.17) is 4.74 Å². The highest BCUT2D eigenvalue weighted by Crippen LogP contribution is 2.38. The number of carbonyl (C=O) groups is 2. The molecule has 2 atom stereocenters. The van der Waals surface area contributed by atoms with E-state index in [1.807, 2.05) is 59.7 Å². The second kappa shape index (κ2) is 10.6. The van der Waals surface area contributed by atoms with Gasteiger partial charge in [-0.25, -0.2) is 4.39 Å². The molecule has 2 aliphatic heterocycles. The summed E-state index contributed by atoms with van der Waals surface area (Å²) in [6.45, 7) is 5.89. The quantitative estimate of drug-likeness (QED) is 0.626. The van der Waals surface area contributed by atoms with Crippen molar-refractivity contribution < 1.29 is 18.7 Å². The van der Waals surface area contributed by atoms with E-state index in [-0.39, 0.29) is 23.7 Å². The molecule has 4 rings (SSSR count). The molecule has 0 bridgehead atoms. The third-order valence-corrected chi connectivity index (χ3v) is 7.32. The molecule has 0 N–H and O–H groups in total. The van der Waals surface area contributed by atoms with Crippen molar-refractivity contribution in [3.63, 3.8) is 0 Å². The molecule has 2 aromatic rings. The van der Waals surface area contributed by atoms with Crippen molar-refractivity contribution in [3.8, 4) is 5.75 Å². The molecule has 0 spiro atoms. The number of rotatable bonds is 6. The van der Waals surface area contributed by atoms with Crippen molar-refractivity contribution in [2.75, 3.05) is 31.1 Å². The fourth-order valence-electron chi connectivity index (χ4n) is 4.63. The molecule has 7 heteroatoms. The molecule has 0 saturated carbocycles. The molecule has 2 aliphatic rings. The summed E-state index contributed by atoms with van der Waals surface area (Å²) in [7, 11) is 0. The number of ether oxygens (including phenoxy) is 1. The molecular weight excluding hydrogens is 439 g/mol. The molecule has 0 radical (unpaired) electrons. The maximum atomic E-state index is 14.1. The third kappa shape index (κ3) is 5.18. The molecule has 1 fully saturated rings. The van der Waals surface area contributed by atoms with Gasteiger partial charge < -0.3 is 14.5 Å². The van der Waals surface area contributed by atoms with Crippen molar-refractivity contribution >= 4 is 23.6 Å². The van der Waals surface area contributed by atoms with Crippen LogP contribution in [0.5, 0.6) is 5.75 Å². The number of benzene rings is 2. The third-order valence-electron chi connectivity index (χ3n) is 6.38. The molecule has 2 amide bonds. The van der Waals surface area contributed by atoms with E-state index in [0.29, 0.717) is 25.1 Å². The summed E-state index contributed by atoms with van der Waals surface area (Å²) >= 11 is 1.86. The number of hydrogen-bond acceptors (Lipinski definition) is 4. The van der Waals surface area contributed by atoms with Crippen LogP contribution in [-0.2, 0) is 16.0 Å². The zero-order chi connectivity index (χ0) is 23.4. The van der Waals surface area contributed by atoms with E-state index in [1.54, 1.807) is 6.07 Å². The largest absolute Gasteiger partial charge is 0.481 e. The van der Waals surface area contributed by atoms with Gasteiger partial charge >= 0.3 is 0 Å². The lowest BCUT2D eigenvalue weighted by atomic mass is 9.87. The van der Waals surface area contributed by atoms with Crippen LogP contribution in [0.25, 0.3) is 0 Å². The number of hydrogen-bond donors (Lipinski definition) is 0. The summed E-state index contributed by atoms with van der Waals surface area (Å²) in [5.74, 6) is 2.25. The summed E-state index contributed by atoms with van der Waals surface area (Å²) in [6.07, 6.45) is 1.15. The number of nitrogens with zero attached hydrogens (tertiary/aromatic N) is 2. The summed E-state index contributed by atoms with van der Waals surface area (Å²) in [4.78, 5) is 29.5. The number of carbonyl (C=O) groups excluding carboxylic acids is 2. The predicted molar refractivity (Wildman–Crippen MR) is 129 cm³/mol. The van der Waals surface area contributed by atoms with E-state index in [2.05, 4.69) is 0 Å². The lowest BCUT2D eigenvalue weighted by Gasteiger charge is -2.38. The predicted octanol–water partition coefficient (Wildman–Crippen LogP) is 4.44.